The van der Waals surface area contributed by atoms with Gasteiger partial charge in [-0.15, -0.1) is 0 Å². The molecule has 2 aromatic carbocycles. The van der Waals surface area contributed by atoms with Crippen molar-refractivity contribution in [1.82, 2.24) is 4.72 Å². The van der Waals surface area contributed by atoms with Crippen LogP contribution >= 0.6 is 11.6 Å². The van der Waals surface area contributed by atoms with Crippen LogP contribution in [0.1, 0.15) is 6.92 Å². The van der Waals surface area contributed by atoms with Crippen LogP contribution in [0.15, 0.2) is 58.3 Å². The second-order valence-corrected chi connectivity index (χ2v) is 8.39. The van der Waals surface area contributed by atoms with Crippen LogP contribution < -0.4 is 9.44 Å². The second kappa shape index (κ2) is 6.88. The van der Waals surface area contributed by atoms with Crippen LogP contribution in [-0.4, -0.2) is 23.4 Å². The fourth-order valence-corrected chi connectivity index (χ4v) is 4.47. The summed E-state index contributed by atoms with van der Waals surface area (Å²) in [6.45, 7) is 1.94. The van der Waals surface area contributed by atoms with Crippen LogP contribution in [0.5, 0.6) is 0 Å². The average molecular weight is 375 g/mol. The number of sulfonamides is 2. The predicted octanol–water partition coefficient (Wildman–Crippen LogP) is 2.44. The van der Waals surface area contributed by atoms with Gasteiger partial charge in [0.05, 0.1) is 9.92 Å². The van der Waals surface area contributed by atoms with Crippen molar-refractivity contribution in [2.24, 2.45) is 0 Å². The molecular weight excluding hydrogens is 360 g/mol. The first-order valence-electron chi connectivity index (χ1n) is 6.63. The highest BCUT2D eigenvalue weighted by Gasteiger charge is 2.18. The fraction of sp³-hybridized carbons (Fsp3) is 0.143. The fourth-order valence-electron chi connectivity index (χ4n) is 1.85. The number of nitrogens with one attached hydrogen (secondary N) is 2. The third kappa shape index (κ3) is 4.23. The first kappa shape index (κ1) is 17.7. The van der Waals surface area contributed by atoms with Crippen LogP contribution in [-0.2, 0) is 20.0 Å². The van der Waals surface area contributed by atoms with Crippen molar-refractivity contribution in [3.05, 3.63) is 53.6 Å². The lowest BCUT2D eigenvalue weighted by atomic mass is 10.3. The second-order valence-electron chi connectivity index (χ2n) is 4.56. The van der Waals surface area contributed by atoms with Gasteiger partial charge in [-0.3, -0.25) is 4.72 Å². The topological polar surface area (TPSA) is 92.3 Å². The van der Waals surface area contributed by atoms with Gasteiger partial charge in [0, 0.05) is 12.2 Å². The van der Waals surface area contributed by atoms with E-state index >= 15 is 0 Å². The molecule has 0 spiro atoms. The Hall–Kier alpha value is -1.61. The number of halogens is 1. The van der Waals surface area contributed by atoms with Crippen molar-refractivity contribution in [3.63, 3.8) is 0 Å². The predicted molar refractivity (Wildman–Crippen MR) is 89.6 cm³/mol. The minimum Gasteiger partial charge on any atom is -0.280 e. The smallest absolute Gasteiger partial charge is 0.263 e. The highest BCUT2D eigenvalue weighted by Crippen LogP contribution is 2.23. The maximum Gasteiger partial charge on any atom is 0.263 e. The van der Waals surface area contributed by atoms with E-state index in [1.165, 1.54) is 36.4 Å². The molecule has 2 N–H and O–H groups in total. The third-order valence-corrected chi connectivity index (χ3v) is 6.32. The zero-order valence-electron chi connectivity index (χ0n) is 12.2. The molecule has 0 radical (unpaired) electrons. The molecule has 23 heavy (non-hydrogen) atoms. The van der Waals surface area contributed by atoms with E-state index in [-0.39, 0.29) is 27.0 Å². The van der Waals surface area contributed by atoms with Crippen LogP contribution in [0, 0.1) is 0 Å². The Kier molecular flexibility index (Phi) is 5.30. The molecule has 0 atom stereocenters. The van der Waals surface area contributed by atoms with E-state index in [1.54, 1.807) is 19.1 Å². The quantitative estimate of drug-likeness (QED) is 0.812. The summed E-state index contributed by atoms with van der Waals surface area (Å²) in [4.78, 5) is 0.00561. The normalized spacial score (nSPS) is 12.1. The van der Waals surface area contributed by atoms with Crippen molar-refractivity contribution < 1.29 is 16.8 Å². The summed E-state index contributed by atoms with van der Waals surface area (Å²) in [6.07, 6.45) is 0. The van der Waals surface area contributed by atoms with E-state index in [0.29, 0.717) is 0 Å². The van der Waals surface area contributed by atoms with Crippen LogP contribution in [0.3, 0.4) is 0 Å². The van der Waals surface area contributed by atoms with E-state index in [1.807, 2.05) is 0 Å². The number of hydrogen-bond acceptors (Lipinski definition) is 4. The summed E-state index contributed by atoms with van der Waals surface area (Å²) in [5.74, 6) is 0. The lowest BCUT2D eigenvalue weighted by Gasteiger charge is -2.10. The van der Waals surface area contributed by atoms with Crippen LogP contribution in [0.25, 0.3) is 0 Å². The van der Waals surface area contributed by atoms with E-state index in [9.17, 15) is 16.8 Å². The Balaban J connectivity index is 2.27. The Morgan fingerprint density at radius 2 is 1.52 bits per heavy atom. The van der Waals surface area contributed by atoms with Crippen LogP contribution in [0.2, 0.25) is 5.02 Å². The molecule has 0 aromatic heterocycles. The van der Waals surface area contributed by atoms with Crippen LogP contribution in [0.4, 0.5) is 5.69 Å². The SMILES string of the molecule is CCNS(=O)(=O)c1ccc(NS(=O)(=O)c2ccccc2Cl)cc1. The summed E-state index contributed by atoms with van der Waals surface area (Å²) >= 11 is 5.89. The van der Waals surface area contributed by atoms with Crippen molar-refractivity contribution in [2.45, 2.75) is 16.7 Å². The maximum atomic E-state index is 12.3. The van der Waals surface area contributed by atoms with Gasteiger partial charge in [-0.25, -0.2) is 21.6 Å². The zero-order chi connectivity index (χ0) is 17.1. The van der Waals surface area contributed by atoms with Crippen molar-refractivity contribution in [3.8, 4) is 0 Å². The van der Waals surface area contributed by atoms with Gasteiger partial charge >= 0.3 is 0 Å². The maximum absolute atomic E-state index is 12.3. The standard InChI is InChI=1S/C14H15ClN2O4S2/c1-2-16-22(18,19)12-9-7-11(8-10-12)17-23(20,21)14-6-4-3-5-13(14)15/h3-10,16-17H,2H2,1H3. The molecule has 0 saturated carbocycles. The highest BCUT2D eigenvalue weighted by atomic mass is 35.5. The summed E-state index contributed by atoms with van der Waals surface area (Å²) in [7, 11) is -7.43. The molecule has 0 aliphatic heterocycles. The molecule has 0 amide bonds. The van der Waals surface area contributed by atoms with Gasteiger partial charge in [-0.05, 0) is 36.4 Å². The number of hydrogen-bond donors (Lipinski definition) is 2. The van der Waals surface area contributed by atoms with Gasteiger partial charge < -0.3 is 0 Å². The zero-order valence-corrected chi connectivity index (χ0v) is 14.5. The van der Waals surface area contributed by atoms with Gasteiger partial charge in [0.2, 0.25) is 10.0 Å². The molecule has 9 heteroatoms. The van der Waals surface area contributed by atoms with Gasteiger partial charge in [0.25, 0.3) is 10.0 Å². The molecule has 0 heterocycles. The Morgan fingerprint density at radius 1 is 0.913 bits per heavy atom. The summed E-state index contributed by atoms with van der Waals surface area (Å²) in [5, 5.41) is 0.103. The third-order valence-electron chi connectivity index (χ3n) is 2.88. The summed E-state index contributed by atoms with van der Waals surface area (Å²) < 4.78 is 52.9. The largest absolute Gasteiger partial charge is 0.280 e. The number of benzene rings is 2. The van der Waals surface area contributed by atoms with E-state index < -0.39 is 20.0 Å². The first-order chi connectivity index (χ1) is 10.8. The molecule has 6 nitrogen and oxygen atoms in total. The highest BCUT2D eigenvalue weighted by molar-refractivity contribution is 7.92. The molecule has 0 fully saturated rings. The van der Waals surface area contributed by atoms with E-state index in [2.05, 4.69) is 9.44 Å². The summed E-state index contributed by atoms with van der Waals surface area (Å²) in [5.41, 5.74) is 0.236. The molecule has 0 aliphatic carbocycles. The molecule has 0 bridgehead atoms. The molecule has 0 saturated heterocycles. The number of anilines is 1. The van der Waals surface area contributed by atoms with Gasteiger partial charge in [0.1, 0.15) is 4.90 Å². The van der Waals surface area contributed by atoms with Crippen molar-refractivity contribution >= 4 is 37.3 Å². The van der Waals surface area contributed by atoms with Gasteiger partial charge in [-0.1, -0.05) is 30.7 Å². The molecular formula is C14H15ClN2O4S2. The van der Waals surface area contributed by atoms with Gasteiger partial charge in [0.15, 0.2) is 0 Å². The average Bonchev–Trinajstić information content (AvgIpc) is 2.47. The Morgan fingerprint density at radius 3 is 2.09 bits per heavy atom. The van der Waals surface area contributed by atoms with E-state index in [4.69, 9.17) is 11.6 Å². The minimum atomic E-state index is -3.85. The lowest BCUT2D eigenvalue weighted by molar-refractivity contribution is 0.584. The summed E-state index contributed by atoms with van der Waals surface area (Å²) in [6, 6.07) is 11.4. The van der Waals surface area contributed by atoms with Gasteiger partial charge in [-0.2, -0.15) is 0 Å². The van der Waals surface area contributed by atoms with E-state index in [0.717, 1.165) is 0 Å². The molecule has 0 unspecified atom stereocenters. The first-order valence-corrected chi connectivity index (χ1v) is 9.98. The lowest BCUT2D eigenvalue weighted by Crippen LogP contribution is -2.23. The Bertz CT molecular complexity index is 895. The monoisotopic (exact) mass is 374 g/mol. The Labute approximate surface area is 140 Å². The molecule has 2 rings (SSSR count). The molecule has 0 aliphatic rings. The minimum absolute atomic E-state index is 0.0500. The van der Waals surface area contributed by atoms with Crippen molar-refractivity contribution in [2.75, 3.05) is 11.3 Å². The number of rotatable bonds is 6. The van der Waals surface area contributed by atoms with Crippen molar-refractivity contribution in [1.29, 1.82) is 0 Å². The molecule has 124 valence electrons. The molecule has 2 aromatic rings.